The van der Waals surface area contributed by atoms with Gasteiger partial charge in [0, 0.05) is 38.6 Å². The van der Waals surface area contributed by atoms with Crippen LogP contribution in [0.25, 0.3) is 0 Å². The summed E-state index contributed by atoms with van der Waals surface area (Å²) in [5, 5.41) is 3.23. The van der Waals surface area contributed by atoms with Crippen LogP contribution in [0.15, 0.2) is 30.3 Å². The van der Waals surface area contributed by atoms with Crippen molar-refractivity contribution < 1.29 is 9.59 Å². The Hall–Kier alpha value is -2.04. The lowest BCUT2D eigenvalue weighted by Gasteiger charge is -2.32. The maximum atomic E-state index is 13.0. The molecule has 1 saturated heterocycles. The molecule has 3 amide bonds. The highest BCUT2D eigenvalue weighted by Crippen LogP contribution is 2.18. The van der Waals surface area contributed by atoms with Crippen LogP contribution in [0.4, 0.5) is 4.79 Å². The van der Waals surface area contributed by atoms with Crippen molar-refractivity contribution in [3.8, 4) is 0 Å². The maximum Gasteiger partial charge on any atom is 0.317 e. The molecule has 5 nitrogen and oxygen atoms in total. The predicted molar refractivity (Wildman–Crippen MR) is 117 cm³/mol. The van der Waals surface area contributed by atoms with Crippen LogP contribution in [0.1, 0.15) is 63.9 Å². The second kappa shape index (κ2) is 11.2. The van der Waals surface area contributed by atoms with E-state index in [1.54, 1.807) is 0 Å². The van der Waals surface area contributed by atoms with Crippen LogP contribution >= 0.6 is 0 Å². The van der Waals surface area contributed by atoms with E-state index in [1.165, 1.54) is 24.8 Å². The maximum absolute atomic E-state index is 13.0. The minimum absolute atomic E-state index is 0.00658. The summed E-state index contributed by atoms with van der Waals surface area (Å²) in [5.41, 5.74) is 1.22. The molecule has 1 saturated carbocycles. The van der Waals surface area contributed by atoms with Crippen LogP contribution in [-0.4, -0.2) is 54.0 Å². The fraction of sp³-hybridized carbons (Fsp3) is 0.667. The smallest absolute Gasteiger partial charge is 0.317 e. The first-order valence-corrected chi connectivity index (χ1v) is 11.5. The van der Waals surface area contributed by atoms with E-state index in [0.29, 0.717) is 25.4 Å². The quantitative estimate of drug-likeness (QED) is 0.746. The lowest BCUT2D eigenvalue weighted by molar-refractivity contribution is -0.132. The number of nitrogens with zero attached hydrogens (tertiary/aromatic N) is 2. The van der Waals surface area contributed by atoms with Gasteiger partial charge in [-0.2, -0.15) is 0 Å². The van der Waals surface area contributed by atoms with E-state index < -0.39 is 0 Å². The molecule has 0 radical (unpaired) electrons. The lowest BCUT2D eigenvalue weighted by Crippen LogP contribution is -2.47. The number of likely N-dealkylation sites (tertiary alicyclic amines) is 1. The van der Waals surface area contributed by atoms with Crippen LogP contribution in [0.5, 0.6) is 0 Å². The van der Waals surface area contributed by atoms with E-state index >= 15 is 0 Å². The Balaban J connectivity index is 1.53. The molecule has 1 aromatic rings. The highest BCUT2D eigenvalue weighted by Gasteiger charge is 2.23. The molecule has 160 valence electrons. The van der Waals surface area contributed by atoms with Crippen molar-refractivity contribution in [1.29, 1.82) is 0 Å². The fourth-order valence-electron chi connectivity index (χ4n) is 4.38. The standard InChI is InChI=1S/C24H37N3O2/c1-20-12-16-26(17-13-20)23(28)15-19-27(18-14-21-8-4-2-5-9-21)24(29)25-22-10-6-3-7-11-22/h2,4-5,8-9,20,22H,3,6-7,10-19H2,1H3,(H,25,29). The molecule has 1 heterocycles. The number of carbonyl (C=O) groups is 2. The number of nitrogens with one attached hydrogen (secondary N) is 1. The third-order valence-electron chi connectivity index (χ3n) is 6.47. The summed E-state index contributed by atoms with van der Waals surface area (Å²) in [6.45, 7) is 5.11. The van der Waals surface area contributed by atoms with Crippen LogP contribution in [0.3, 0.4) is 0 Å². The van der Waals surface area contributed by atoms with Gasteiger partial charge >= 0.3 is 6.03 Å². The van der Waals surface area contributed by atoms with Crippen LogP contribution in [0, 0.1) is 5.92 Å². The molecule has 1 aliphatic heterocycles. The number of benzene rings is 1. The Labute approximate surface area is 175 Å². The summed E-state index contributed by atoms with van der Waals surface area (Å²) >= 11 is 0. The predicted octanol–water partition coefficient (Wildman–Crippen LogP) is 4.22. The van der Waals surface area contributed by atoms with Gasteiger partial charge in [0.15, 0.2) is 0 Å². The third kappa shape index (κ3) is 7.06. The number of amides is 3. The largest absolute Gasteiger partial charge is 0.343 e. The molecule has 2 fully saturated rings. The highest BCUT2D eigenvalue weighted by atomic mass is 16.2. The van der Waals surface area contributed by atoms with E-state index in [4.69, 9.17) is 0 Å². The molecule has 0 spiro atoms. The van der Waals surface area contributed by atoms with Crippen LogP contribution in [-0.2, 0) is 11.2 Å². The molecule has 1 aromatic carbocycles. The molecule has 0 bridgehead atoms. The van der Waals surface area contributed by atoms with E-state index in [0.717, 1.165) is 45.2 Å². The lowest BCUT2D eigenvalue weighted by atomic mass is 9.96. The van der Waals surface area contributed by atoms with Crippen molar-refractivity contribution in [3.63, 3.8) is 0 Å². The Bertz CT molecular complexity index is 635. The number of urea groups is 1. The van der Waals surface area contributed by atoms with Gasteiger partial charge in [-0.1, -0.05) is 56.5 Å². The zero-order valence-corrected chi connectivity index (χ0v) is 17.9. The van der Waals surface area contributed by atoms with Crippen molar-refractivity contribution in [2.75, 3.05) is 26.2 Å². The number of piperidine rings is 1. The van der Waals surface area contributed by atoms with Gasteiger partial charge in [-0.3, -0.25) is 4.79 Å². The molecule has 0 atom stereocenters. The molecule has 0 aromatic heterocycles. The molecular formula is C24H37N3O2. The van der Waals surface area contributed by atoms with Crippen molar-refractivity contribution in [2.24, 2.45) is 5.92 Å². The van der Waals surface area contributed by atoms with Gasteiger partial charge < -0.3 is 15.1 Å². The average molecular weight is 400 g/mol. The monoisotopic (exact) mass is 399 g/mol. The first kappa shape index (κ1) is 21.7. The number of rotatable bonds is 7. The van der Waals surface area contributed by atoms with Crippen LogP contribution in [0.2, 0.25) is 0 Å². The summed E-state index contributed by atoms with van der Waals surface area (Å²) < 4.78 is 0. The molecule has 29 heavy (non-hydrogen) atoms. The first-order valence-electron chi connectivity index (χ1n) is 11.5. The summed E-state index contributed by atoms with van der Waals surface area (Å²) in [7, 11) is 0. The van der Waals surface area contributed by atoms with E-state index in [9.17, 15) is 9.59 Å². The summed E-state index contributed by atoms with van der Waals surface area (Å²) in [6, 6.07) is 10.5. The minimum Gasteiger partial charge on any atom is -0.343 e. The van der Waals surface area contributed by atoms with Gasteiger partial charge in [-0.15, -0.1) is 0 Å². The zero-order chi connectivity index (χ0) is 20.5. The molecular weight excluding hydrogens is 362 g/mol. The van der Waals surface area contributed by atoms with Crippen molar-refractivity contribution in [2.45, 2.75) is 70.8 Å². The van der Waals surface area contributed by atoms with Gasteiger partial charge in [0.2, 0.25) is 5.91 Å². The normalized spacial score (nSPS) is 18.4. The van der Waals surface area contributed by atoms with Gasteiger partial charge in [0.05, 0.1) is 0 Å². The zero-order valence-electron chi connectivity index (χ0n) is 17.9. The van der Waals surface area contributed by atoms with Crippen molar-refractivity contribution in [3.05, 3.63) is 35.9 Å². The molecule has 3 rings (SSSR count). The summed E-state index contributed by atoms with van der Waals surface area (Å²) in [6.07, 6.45) is 9.22. The van der Waals surface area contributed by atoms with E-state index in [2.05, 4.69) is 24.4 Å². The third-order valence-corrected chi connectivity index (χ3v) is 6.47. The van der Waals surface area contributed by atoms with Gasteiger partial charge in [0.25, 0.3) is 0 Å². The SMILES string of the molecule is CC1CCN(C(=O)CCN(CCc2ccccc2)C(=O)NC2CCCCC2)CC1. The second-order valence-corrected chi connectivity index (χ2v) is 8.82. The minimum atomic E-state index is -0.00658. The average Bonchev–Trinajstić information content (AvgIpc) is 2.75. The van der Waals surface area contributed by atoms with Gasteiger partial charge in [-0.05, 0) is 43.6 Å². The number of hydrogen-bond donors (Lipinski definition) is 1. The molecule has 1 aliphatic carbocycles. The Kier molecular flexibility index (Phi) is 8.38. The Morgan fingerprint density at radius 1 is 1.00 bits per heavy atom. The Morgan fingerprint density at radius 3 is 2.38 bits per heavy atom. The molecule has 2 aliphatic rings. The first-order chi connectivity index (χ1) is 14.1. The molecule has 0 unspecified atom stereocenters. The number of carbonyl (C=O) groups excluding carboxylic acids is 2. The fourth-order valence-corrected chi connectivity index (χ4v) is 4.38. The topological polar surface area (TPSA) is 52.7 Å². The van der Waals surface area contributed by atoms with Gasteiger partial charge in [0.1, 0.15) is 0 Å². The second-order valence-electron chi connectivity index (χ2n) is 8.82. The summed E-state index contributed by atoms with van der Waals surface area (Å²) in [4.78, 5) is 29.5. The molecule has 5 heteroatoms. The Morgan fingerprint density at radius 2 is 1.69 bits per heavy atom. The number of hydrogen-bond acceptors (Lipinski definition) is 2. The summed E-state index contributed by atoms with van der Waals surface area (Å²) in [5.74, 6) is 0.898. The van der Waals surface area contributed by atoms with Crippen LogP contribution < -0.4 is 5.32 Å². The van der Waals surface area contributed by atoms with E-state index in [-0.39, 0.29) is 18.0 Å². The highest BCUT2D eigenvalue weighted by molar-refractivity contribution is 5.78. The molecule has 1 N–H and O–H groups in total. The van der Waals surface area contributed by atoms with Gasteiger partial charge in [-0.25, -0.2) is 4.79 Å². The van der Waals surface area contributed by atoms with E-state index in [1.807, 2.05) is 28.0 Å². The van der Waals surface area contributed by atoms with Crippen molar-refractivity contribution >= 4 is 11.9 Å². The van der Waals surface area contributed by atoms with Crippen molar-refractivity contribution in [1.82, 2.24) is 15.1 Å².